The molecule has 0 atom stereocenters. The molecule has 2 aromatic rings. The second-order valence-corrected chi connectivity index (χ2v) is 5.41. The van der Waals surface area contributed by atoms with Gasteiger partial charge in [0.05, 0.1) is 13.7 Å². The summed E-state index contributed by atoms with van der Waals surface area (Å²) >= 11 is 0. The van der Waals surface area contributed by atoms with Crippen LogP contribution in [0, 0.1) is 0 Å². The predicted octanol–water partition coefficient (Wildman–Crippen LogP) is 2.91. The first kappa shape index (κ1) is 20.3. The van der Waals surface area contributed by atoms with Gasteiger partial charge in [-0.3, -0.25) is 4.79 Å². The van der Waals surface area contributed by atoms with Gasteiger partial charge in [0.25, 0.3) is 5.91 Å². The van der Waals surface area contributed by atoms with Crippen LogP contribution < -0.4 is 14.8 Å². The molecule has 0 saturated heterocycles. The zero-order valence-electron chi connectivity index (χ0n) is 15.4. The summed E-state index contributed by atoms with van der Waals surface area (Å²) in [6.45, 7) is 2.79. The van der Waals surface area contributed by atoms with Crippen LogP contribution in [0.5, 0.6) is 11.5 Å². The van der Waals surface area contributed by atoms with Gasteiger partial charge in [-0.15, -0.1) is 0 Å². The molecule has 0 aliphatic heterocycles. The van der Waals surface area contributed by atoms with Crippen LogP contribution in [0.25, 0.3) is 0 Å². The second-order valence-electron chi connectivity index (χ2n) is 5.41. The molecule has 144 valence electrons. The molecule has 0 heterocycles. The minimum atomic E-state index is -0.476. The van der Waals surface area contributed by atoms with Crippen molar-refractivity contribution < 1.29 is 28.5 Å². The number of nitrogens with one attached hydrogen (secondary N) is 1. The van der Waals surface area contributed by atoms with Gasteiger partial charge in [-0.25, -0.2) is 4.79 Å². The first-order chi connectivity index (χ1) is 13.1. The maximum atomic E-state index is 12.2. The van der Waals surface area contributed by atoms with Crippen LogP contribution >= 0.6 is 0 Å². The molecule has 27 heavy (non-hydrogen) atoms. The largest absolute Gasteiger partial charge is 0.497 e. The Balaban J connectivity index is 1.79. The molecule has 7 heteroatoms. The minimum absolute atomic E-state index is 0.195. The lowest BCUT2D eigenvalue weighted by molar-refractivity contribution is -0.147. The van der Waals surface area contributed by atoms with E-state index < -0.39 is 5.97 Å². The number of carbonyl (C=O) groups is 2. The summed E-state index contributed by atoms with van der Waals surface area (Å²) in [5.74, 6) is 0.460. The number of amides is 1. The van der Waals surface area contributed by atoms with Gasteiger partial charge in [0.2, 0.25) is 0 Å². The smallest absolute Gasteiger partial charge is 0.344 e. The van der Waals surface area contributed by atoms with Crippen molar-refractivity contribution in [1.29, 1.82) is 0 Å². The van der Waals surface area contributed by atoms with Crippen molar-refractivity contribution in [2.24, 2.45) is 0 Å². The van der Waals surface area contributed by atoms with Gasteiger partial charge in [-0.1, -0.05) is 0 Å². The van der Waals surface area contributed by atoms with Crippen molar-refractivity contribution in [2.75, 3.05) is 38.9 Å². The number of esters is 1. The van der Waals surface area contributed by atoms with Crippen molar-refractivity contribution in [3.8, 4) is 11.5 Å². The first-order valence-corrected chi connectivity index (χ1v) is 8.54. The highest BCUT2D eigenvalue weighted by atomic mass is 16.6. The van der Waals surface area contributed by atoms with Crippen LogP contribution in [0.3, 0.4) is 0 Å². The van der Waals surface area contributed by atoms with Crippen molar-refractivity contribution in [1.82, 2.24) is 0 Å². The van der Waals surface area contributed by atoms with Crippen LogP contribution in [0.4, 0.5) is 5.69 Å². The van der Waals surface area contributed by atoms with Crippen molar-refractivity contribution in [3.63, 3.8) is 0 Å². The lowest BCUT2D eigenvalue weighted by Crippen LogP contribution is -2.17. The molecular formula is C20H23NO6. The van der Waals surface area contributed by atoms with Gasteiger partial charge in [-0.2, -0.15) is 0 Å². The highest BCUT2D eigenvalue weighted by molar-refractivity contribution is 6.04. The second kappa shape index (κ2) is 10.8. The van der Waals surface area contributed by atoms with Gasteiger partial charge < -0.3 is 24.3 Å². The Labute approximate surface area is 158 Å². The van der Waals surface area contributed by atoms with E-state index in [2.05, 4.69) is 5.32 Å². The predicted molar refractivity (Wildman–Crippen MR) is 100 cm³/mol. The van der Waals surface area contributed by atoms with Crippen molar-refractivity contribution in [2.45, 2.75) is 6.92 Å². The number of benzene rings is 2. The molecule has 0 aliphatic carbocycles. The highest BCUT2D eigenvalue weighted by Crippen LogP contribution is 2.17. The molecule has 0 fully saturated rings. The van der Waals surface area contributed by atoms with Crippen molar-refractivity contribution in [3.05, 3.63) is 54.1 Å². The van der Waals surface area contributed by atoms with E-state index in [9.17, 15) is 9.59 Å². The Morgan fingerprint density at radius 1 is 0.926 bits per heavy atom. The Bertz CT molecular complexity index is 727. The third kappa shape index (κ3) is 6.99. The molecule has 1 N–H and O–H groups in total. The fourth-order valence-electron chi connectivity index (χ4n) is 2.12. The van der Waals surface area contributed by atoms with E-state index in [1.54, 1.807) is 55.6 Å². The van der Waals surface area contributed by atoms with Gasteiger partial charge in [-0.05, 0) is 55.5 Å². The maximum Gasteiger partial charge on any atom is 0.344 e. The molecule has 0 saturated carbocycles. The summed E-state index contributed by atoms with van der Waals surface area (Å²) in [6, 6.07) is 13.5. The first-order valence-electron chi connectivity index (χ1n) is 8.54. The molecule has 0 spiro atoms. The van der Waals surface area contributed by atoms with Gasteiger partial charge in [0.1, 0.15) is 18.1 Å². The van der Waals surface area contributed by atoms with Crippen LogP contribution in [-0.4, -0.2) is 45.4 Å². The number of ether oxygens (including phenoxy) is 4. The molecule has 2 rings (SSSR count). The number of carbonyl (C=O) groups excluding carboxylic acids is 2. The summed E-state index contributed by atoms with van der Waals surface area (Å²) in [7, 11) is 1.58. The zero-order valence-corrected chi connectivity index (χ0v) is 15.4. The van der Waals surface area contributed by atoms with Crippen LogP contribution in [0.1, 0.15) is 17.3 Å². The average molecular weight is 373 g/mol. The van der Waals surface area contributed by atoms with E-state index in [1.807, 2.05) is 6.92 Å². The average Bonchev–Trinajstić information content (AvgIpc) is 2.70. The number of anilines is 1. The molecule has 0 aromatic heterocycles. The molecule has 2 aromatic carbocycles. The topological polar surface area (TPSA) is 83.1 Å². The zero-order chi connectivity index (χ0) is 19.5. The summed E-state index contributed by atoms with van der Waals surface area (Å²) in [5, 5.41) is 2.79. The fourth-order valence-corrected chi connectivity index (χ4v) is 2.12. The Morgan fingerprint density at radius 3 is 2.22 bits per heavy atom. The molecule has 1 amide bonds. The monoisotopic (exact) mass is 373 g/mol. The van der Waals surface area contributed by atoms with E-state index in [1.165, 1.54) is 0 Å². The van der Waals surface area contributed by atoms with E-state index in [0.29, 0.717) is 36.0 Å². The summed E-state index contributed by atoms with van der Waals surface area (Å²) in [5.41, 5.74) is 1.13. The van der Waals surface area contributed by atoms with E-state index in [0.717, 1.165) is 0 Å². The molecule has 7 nitrogen and oxygen atoms in total. The lowest BCUT2D eigenvalue weighted by Gasteiger charge is -2.09. The quantitative estimate of drug-likeness (QED) is 0.509. The van der Waals surface area contributed by atoms with Crippen LogP contribution in [0.2, 0.25) is 0 Å². The molecule has 0 bridgehead atoms. The normalized spacial score (nSPS) is 10.1. The number of methoxy groups -OCH3 is 1. The Kier molecular flexibility index (Phi) is 8.12. The SMILES string of the molecule is CCOCCOC(=O)COc1ccc(C(=O)Nc2ccc(OC)cc2)cc1. The van der Waals surface area contributed by atoms with E-state index >= 15 is 0 Å². The number of hydrogen-bond donors (Lipinski definition) is 1. The number of hydrogen-bond acceptors (Lipinski definition) is 6. The maximum absolute atomic E-state index is 12.2. The summed E-state index contributed by atoms with van der Waals surface area (Å²) in [4.78, 5) is 23.8. The fraction of sp³-hybridized carbons (Fsp3) is 0.300. The van der Waals surface area contributed by atoms with Gasteiger partial charge in [0, 0.05) is 17.9 Å². The van der Waals surface area contributed by atoms with Crippen molar-refractivity contribution >= 4 is 17.6 Å². The molecule has 0 radical (unpaired) electrons. The minimum Gasteiger partial charge on any atom is -0.497 e. The van der Waals surface area contributed by atoms with E-state index in [-0.39, 0.29) is 19.1 Å². The number of rotatable bonds is 10. The van der Waals surface area contributed by atoms with Crippen LogP contribution in [0.15, 0.2) is 48.5 Å². The molecule has 0 unspecified atom stereocenters. The molecule has 0 aliphatic rings. The van der Waals surface area contributed by atoms with E-state index in [4.69, 9.17) is 18.9 Å². The Hall–Kier alpha value is -3.06. The standard InChI is InChI=1S/C20H23NO6/c1-3-25-12-13-26-19(22)14-27-18-8-4-15(5-9-18)20(23)21-16-6-10-17(24-2)11-7-16/h4-11H,3,12-14H2,1-2H3,(H,21,23). The summed E-state index contributed by atoms with van der Waals surface area (Å²) in [6.07, 6.45) is 0. The third-order valence-corrected chi connectivity index (χ3v) is 3.52. The lowest BCUT2D eigenvalue weighted by atomic mass is 10.2. The third-order valence-electron chi connectivity index (χ3n) is 3.52. The Morgan fingerprint density at radius 2 is 1.59 bits per heavy atom. The molecular weight excluding hydrogens is 350 g/mol. The van der Waals surface area contributed by atoms with Crippen LogP contribution in [-0.2, 0) is 14.3 Å². The van der Waals surface area contributed by atoms with Gasteiger partial charge >= 0.3 is 5.97 Å². The summed E-state index contributed by atoms with van der Waals surface area (Å²) < 4.78 is 20.4. The van der Waals surface area contributed by atoms with Gasteiger partial charge in [0.15, 0.2) is 6.61 Å². The highest BCUT2D eigenvalue weighted by Gasteiger charge is 2.08.